The molecule has 1 amide bonds. The Bertz CT molecular complexity index is 585. The fraction of sp³-hybridized carbons (Fsp3) is 0.588. The van der Waals surface area contributed by atoms with Crippen LogP contribution in [0.25, 0.3) is 0 Å². The normalized spacial score (nSPS) is 26.8. The van der Waals surface area contributed by atoms with Gasteiger partial charge in [0.2, 0.25) is 0 Å². The van der Waals surface area contributed by atoms with Crippen molar-refractivity contribution in [3.8, 4) is 11.5 Å². The zero-order valence-electron chi connectivity index (χ0n) is 13.6. The van der Waals surface area contributed by atoms with Crippen molar-refractivity contribution in [2.75, 3.05) is 26.3 Å². The third-order valence-corrected chi connectivity index (χ3v) is 5.17. The fourth-order valence-corrected chi connectivity index (χ4v) is 4.08. The molecule has 2 heterocycles. The molecule has 5 nitrogen and oxygen atoms in total. The van der Waals surface area contributed by atoms with Crippen LogP contribution in [0.3, 0.4) is 0 Å². The first-order chi connectivity index (χ1) is 10.8. The van der Waals surface area contributed by atoms with E-state index in [0.717, 1.165) is 18.4 Å². The number of ether oxygens (including phenoxy) is 2. The highest BCUT2D eigenvalue weighted by Crippen LogP contribution is 2.37. The Morgan fingerprint density at radius 1 is 1.21 bits per heavy atom. The lowest BCUT2D eigenvalue weighted by Crippen LogP contribution is -2.40. The Balaban J connectivity index is 0.00000104. The minimum Gasteiger partial charge on any atom is -0.486 e. The van der Waals surface area contributed by atoms with E-state index in [-0.39, 0.29) is 32.9 Å². The second kappa shape index (κ2) is 8.36. The minimum absolute atomic E-state index is 0. The second-order valence-corrected chi connectivity index (χ2v) is 6.41. The summed E-state index contributed by atoms with van der Waals surface area (Å²) < 4.78 is 11.1. The van der Waals surface area contributed by atoms with Gasteiger partial charge < -0.3 is 20.1 Å². The molecule has 4 rings (SSSR count). The lowest BCUT2D eigenvalue weighted by atomic mass is 9.94. The molecule has 134 valence electrons. The molecule has 24 heavy (non-hydrogen) atoms. The first-order valence-corrected chi connectivity index (χ1v) is 8.23. The summed E-state index contributed by atoms with van der Waals surface area (Å²) in [5.74, 6) is 2.69. The maximum Gasteiger partial charge on any atom is 0.255 e. The summed E-state index contributed by atoms with van der Waals surface area (Å²) in [7, 11) is 0. The molecule has 1 aromatic carbocycles. The Kier molecular flexibility index (Phi) is 6.71. The molecule has 0 bridgehead atoms. The van der Waals surface area contributed by atoms with Gasteiger partial charge in [-0.2, -0.15) is 27.0 Å². The van der Waals surface area contributed by atoms with Crippen molar-refractivity contribution in [3.63, 3.8) is 0 Å². The van der Waals surface area contributed by atoms with Gasteiger partial charge in [0, 0.05) is 12.6 Å². The number of carbonyl (C=O) groups is 1. The van der Waals surface area contributed by atoms with E-state index < -0.39 is 0 Å². The molecule has 0 aromatic heterocycles. The monoisotopic (exact) mass is 370 g/mol. The highest BCUT2D eigenvalue weighted by Gasteiger charge is 2.38. The van der Waals surface area contributed by atoms with Gasteiger partial charge in [-0.1, -0.05) is 12.5 Å². The Labute approximate surface area is 156 Å². The molecule has 0 radical (unpaired) electrons. The van der Waals surface area contributed by atoms with E-state index in [1.807, 2.05) is 12.1 Å². The summed E-state index contributed by atoms with van der Waals surface area (Å²) in [5.41, 5.74) is 0.568. The van der Waals surface area contributed by atoms with Crippen LogP contribution < -0.4 is 20.1 Å². The van der Waals surface area contributed by atoms with Crippen LogP contribution in [0.5, 0.6) is 11.5 Å². The maximum absolute atomic E-state index is 12.5. The molecule has 3 atom stereocenters. The van der Waals surface area contributed by atoms with Crippen LogP contribution in [0, 0.1) is 11.8 Å². The molecular formula is C17H26N2O3S2. The molecule has 1 aromatic rings. The number of carbonyl (C=O) groups excluding carboxylic acids is 1. The quantitative estimate of drug-likeness (QED) is 0.852. The van der Waals surface area contributed by atoms with Gasteiger partial charge in [-0.25, -0.2) is 0 Å². The van der Waals surface area contributed by atoms with Crippen molar-refractivity contribution in [1.82, 2.24) is 10.6 Å². The molecule has 2 aliphatic heterocycles. The molecule has 1 saturated carbocycles. The largest absolute Gasteiger partial charge is 0.486 e. The van der Waals surface area contributed by atoms with E-state index in [9.17, 15) is 4.79 Å². The Hall–Kier alpha value is -1.05. The van der Waals surface area contributed by atoms with Crippen LogP contribution in [0.4, 0.5) is 0 Å². The van der Waals surface area contributed by atoms with E-state index in [2.05, 4.69) is 10.6 Å². The number of hydrogen-bond donors (Lipinski definition) is 2. The third-order valence-electron chi connectivity index (χ3n) is 5.17. The topological polar surface area (TPSA) is 59.6 Å². The number of fused-ring (bicyclic) bond motifs is 2. The standard InChI is InChI=1S/C17H22N2O3.2H2S/c20-17(13-5-2-6-15-16(13)22-8-7-21-15)19-10-14-12-4-1-3-11(12)9-18-14;;/h2,5-6,11-12,14,18H,1,3-4,7-10H2,(H,19,20);2*1H2/t11-,12-,14+;;/m0../s1. The van der Waals surface area contributed by atoms with Crippen molar-refractivity contribution >= 4 is 32.9 Å². The highest BCUT2D eigenvalue weighted by atomic mass is 32.1. The van der Waals surface area contributed by atoms with Gasteiger partial charge >= 0.3 is 0 Å². The van der Waals surface area contributed by atoms with Crippen molar-refractivity contribution < 1.29 is 14.3 Å². The fourth-order valence-electron chi connectivity index (χ4n) is 4.08. The SMILES string of the molecule is O=C(NC[C@H]1NC[C@@H]2CCC[C@@H]21)c1cccc2c1OCCO2.S.S. The Morgan fingerprint density at radius 2 is 2.04 bits per heavy atom. The van der Waals surface area contributed by atoms with Gasteiger partial charge in [0.05, 0.1) is 5.56 Å². The van der Waals surface area contributed by atoms with Gasteiger partial charge in [0.15, 0.2) is 11.5 Å². The molecule has 0 spiro atoms. The zero-order valence-corrected chi connectivity index (χ0v) is 15.6. The van der Waals surface area contributed by atoms with E-state index in [1.54, 1.807) is 6.07 Å². The van der Waals surface area contributed by atoms with E-state index in [4.69, 9.17) is 9.47 Å². The van der Waals surface area contributed by atoms with E-state index in [1.165, 1.54) is 19.3 Å². The minimum atomic E-state index is -0.0782. The molecule has 1 saturated heterocycles. The summed E-state index contributed by atoms with van der Waals surface area (Å²) in [4.78, 5) is 12.5. The van der Waals surface area contributed by atoms with E-state index in [0.29, 0.717) is 42.9 Å². The van der Waals surface area contributed by atoms with Crippen molar-refractivity contribution in [2.45, 2.75) is 25.3 Å². The van der Waals surface area contributed by atoms with Gasteiger partial charge in [-0.3, -0.25) is 4.79 Å². The predicted molar refractivity (Wildman–Crippen MR) is 103 cm³/mol. The number of rotatable bonds is 3. The predicted octanol–water partition coefficient (Wildman–Crippen LogP) is 1.80. The smallest absolute Gasteiger partial charge is 0.255 e. The Morgan fingerprint density at radius 3 is 2.92 bits per heavy atom. The number of hydrogen-bond acceptors (Lipinski definition) is 4. The lowest BCUT2D eigenvalue weighted by molar-refractivity contribution is 0.0936. The summed E-state index contributed by atoms with van der Waals surface area (Å²) in [6.45, 7) is 2.81. The van der Waals surface area contributed by atoms with Gasteiger partial charge in [0.1, 0.15) is 13.2 Å². The first kappa shape index (κ1) is 19.3. The van der Waals surface area contributed by atoms with Crippen molar-refractivity contribution in [3.05, 3.63) is 23.8 Å². The van der Waals surface area contributed by atoms with Crippen LogP contribution >= 0.6 is 27.0 Å². The third kappa shape index (κ3) is 3.63. The van der Waals surface area contributed by atoms with Crippen LogP contribution in [0.1, 0.15) is 29.6 Å². The molecule has 3 aliphatic rings. The molecule has 2 N–H and O–H groups in total. The molecule has 7 heteroatoms. The lowest BCUT2D eigenvalue weighted by Gasteiger charge is -2.22. The molecule has 2 fully saturated rings. The van der Waals surface area contributed by atoms with Gasteiger partial charge in [-0.05, 0) is 43.4 Å². The summed E-state index contributed by atoms with van der Waals surface area (Å²) in [6.07, 6.45) is 3.95. The summed E-state index contributed by atoms with van der Waals surface area (Å²) >= 11 is 0. The second-order valence-electron chi connectivity index (χ2n) is 6.41. The van der Waals surface area contributed by atoms with Crippen LogP contribution in [-0.2, 0) is 0 Å². The van der Waals surface area contributed by atoms with Crippen LogP contribution in [-0.4, -0.2) is 38.3 Å². The first-order valence-electron chi connectivity index (χ1n) is 8.23. The maximum atomic E-state index is 12.5. The summed E-state index contributed by atoms with van der Waals surface area (Å²) in [5, 5.41) is 6.62. The summed E-state index contributed by atoms with van der Waals surface area (Å²) in [6, 6.07) is 5.88. The molecular weight excluding hydrogens is 344 g/mol. The van der Waals surface area contributed by atoms with Crippen molar-refractivity contribution in [2.24, 2.45) is 11.8 Å². The highest BCUT2D eigenvalue weighted by molar-refractivity contribution is 7.59. The molecule has 0 unspecified atom stereocenters. The average molecular weight is 371 g/mol. The molecule has 1 aliphatic carbocycles. The zero-order chi connectivity index (χ0) is 14.9. The van der Waals surface area contributed by atoms with E-state index >= 15 is 0 Å². The number of amides is 1. The van der Waals surface area contributed by atoms with Crippen LogP contribution in [0.2, 0.25) is 0 Å². The van der Waals surface area contributed by atoms with Gasteiger partial charge in [0.25, 0.3) is 5.91 Å². The van der Waals surface area contributed by atoms with Crippen molar-refractivity contribution in [1.29, 1.82) is 0 Å². The van der Waals surface area contributed by atoms with Crippen LogP contribution in [0.15, 0.2) is 18.2 Å². The average Bonchev–Trinajstić information content (AvgIpc) is 3.16. The number of benzene rings is 1. The number of nitrogens with one attached hydrogen (secondary N) is 2. The van der Waals surface area contributed by atoms with Gasteiger partial charge in [-0.15, -0.1) is 0 Å². The number of para-hydroxylation sites is 1.